The fraction of sp³-hybridized carbons (Fsp3) is 0.281. The summed E-state index contributed by atoms with van der Waals surface area (Å²) in [6.45, 7) is 11.7. The van der Waals surface area contributed by atoms with E-state index in [1.807, 2.05) is 37.5 Å². The number of ether oxygens (including phenoxy) is 2. The Morgan fingerprint density at radius 3 is 1.18 bits per heavy atom. The summed E-state index contributed by atoms with van der Waals surface area (Å²) in [4.78, 5) is 26.4. The fourth-order valence-electron chi connectivity index (χ4n) is 9.95. The molecule has 0 amide bonds. The van der Waals surface area contributed by atoms with Crippen LogP contribution in [0.3, 0.4) is 0 Å². The lowest BCUT2D eigenvalue weighted by atomic mass is 10.2. The number of anilines is 7. The Hall–Kier alpha value is -8.53. The van der Waals surface area contributed by atoms with Crippen molar-refractivity contribution < 1.29 is 71.6 Å². The molecular weight excluding hydrogens is 1330 g/mol. The molecule has 0 bridgehead atoms. The Balaban J connectivity index is 1.16. The second kappa shape index (κ2) is 28.0. The molecule has 492 valence electrons. The van der Waals surface area contributed by atoms with E-state index in [4.69, 9.17) is 24.4 Å². The number of thiazole rings is 2. The first-order chi connectivity index (χ1) is 44.0. The molecule has 3 heterocycles. The van der Waals surface area contributed by atoms with Gasteiger partial charge in [-0.2, -0.15) is 48.6 Å². The van der Waals surface area contributed by atoms with Gasteiger partial charge in [0.05, 0.1) is 70.6 Å². The van der Waals surface area contributed by atoms with E-state index < -0.39 is 63.5 Å². The normalized spacial score (nSPS) is 12.4. The van der Waals surface area contributed by atoms with Gasteiger partial charge in [0.1, 0.15) is 63.8 Å². The minimum atomic E-state index is -5.06. The summed E-state index contributed by atoms with van der Waals surface area (Å²) >= 11 is 1.74. The number of benzene rings is 6. The number of hydrogen-bond acceptors (Lipinski definition) is 28. The summed E-state index contributed by atoms with van der Waals surface area (Å²) < 4.78 is 155. The van der Waals surface area contributed by atoms with E-state index in [1.165, 1.54) is 81.5 Å². The molecule has 0 spiro atoms. The highest BCUT2D eigenvalue weighted by molar-refractivity contribution is 7.87. The minimum Gasteiger partial charge on any atom is -0.494 e. The molecule has 8 N–H and O–H groups in total. The third-order valence-electron chi connectivity index (χ3n) is 14.4. The average Bonchev–Trinajstić information content (AvgIpc) is 1.68. The number of rotatable bonds is 27. The highest BCUT2D eigenvalue weighted by Crippen LogP contribution is 2.45. The van der Waals surface area contributed by atoms with Crippen LogP contribution in [0, 0.1) is 13.8 Å². The van der Waals surface area contributed by atoms with Crippen LogP contribution in [0.1, 0.15) is 38.8 Å². The predicted octanol–water partition coefficient (Wildman–Crippen LogP) is 10.8. The molecule has 6 aromatic carbocycles. The van der Waals surface area contributed by atoms with Crippen LogP contribution in [0.25, 0.3) is 41.6 Å². The lowest BCUT2D eigenvalue weighted by molar-refractivity contribution is 0.280. The average molecular weight is 1390 g/mol. The van der Waals surface area contributed by atoms with Crippen molar-refractivity contribution in [1.82, 2.24) is 24.9 Å². The van der Waals surface area contributed by atoms with Gasteiger partial charge in [0.15, 0.2) is 0 Å². The highest BCUT2D eigenvalue weighted by atomic mass is 32.2. The molecule has 30 nitrogen and oxygen atoms in total. The van der Waals surface area contributed by atoms with Gasteiger partial charge in [-0.25, -0.2) is 9.97 Å². The van der Waals surface area contributed by atoms with Crippen LogP contribution >= 0.6 is 22.7 Å². The standard InChI is InChI=1S/C57H62N14O16S6/c1-9-69(10-2)43-27-39(41(29-45(43)86-7)67-65-35-19-15-33(25-47(35)90(74,75)76)53-58-37-17-13-31(5)51(49(37)88-53)92(80,81)82)60-55-62-56(64-57(63-55)71(21-23-72)22-24-73)61-40-28-44(70(11-3)12-4)46(87-8)30-42(40)68-66-36-20-16-34(26-48(36)91(77,78)79)54-59-38-18-14-32(6)52(50(38)89-54)93(83,84)85/h13-20,25-30,72-73H,9-12,21-24H2,1-8H3,(H,74,75,76)(H,77,78,79)(H,80,81,82)(H,83,84,85)(H2,60,61,62,63,64). The van der Waals surface area contributed by atoms with Gasteiger partial charge in [0.25, 0.3) is 40.5 Å². The molecule has 0 atom stereocenters. The third-order valence-corrected chi connectivity index (χ3v) is 20.8. The summed E-state index contributed by atoms with van der Waals surface area (Å²) in [7, 11) is -16.7. The van der Waals surface area contributed by atoms with Crippen LogP contribution in [-0.4, -0.2) is 154 Å². The van der Waals surface area contributed by atoms with Crippen LogP contribution in [0.15, 0.2) is 125 Å². The Morgan fingerprint density at radius 2 is 0.849 bits per heavy atom. The van der Waals surface area contributed by atoms with Crippen molar-refractivity contribution >= 4 is 147 Å². The van der Waals surface area contributed by atoms with Crippen LogP contribution in [0.5, 0.6) is 11.5 Å². The van der Waals surface area contributed by atoms with Crippen LogP contribution < -0.4 is 34.8 Å². The van der Waals surface area contributed by atoms with E-state index in [0.29, 0.717) is 49.1 Å². The van der Waals surface area contributed by atoms with E-state index in [0.717, 1.165) is 34.8 Å². The first kappa shape index (κ1) is 68.8. The number of azo groups is 2. The molecule has 0 aliphatic heterocycles. The summed E-state index contributed by atoms with van der Waals surface area (Å²) in [6, 6.07) is 19.9. The monoisotopic (exact) mass is 1390 g/mol. The zero-order chi connectivity index (χ0) is 67.5. The molecule has 9 aromatic rings. The molecule has 3 aromatic heterocycles. The van der Waals surface area contributed by atoms with Crippen molar-refractivity contribution in [2.75, 3.05) is 92.0 Å². The lowest BCUT2D eigenvalue weighted by Gasteiger charge is -2.25. The van der Waals surface area contributed by atoms with Gasteiger partial charge in [0.2, 0.25) is 17.8 Å². The first-order valence-corrected chi connectivity index (χ1v) is 35.5. The van der Waals surface area contributed by atoms with Gasteiger partial charge in [0, 0.05) is 62.5 Å². The SMILES string of the molecule is CCN(CC)c1cc(Nc2nc(Nc3cc(N(CC)CC)c(OC)cc3N=Nc3ccc(-c4nc5ccc(C)c(S(=O)(=O)O)c5s4)cc3S(=O)(=O)O)nc(N(CCO)CCO)n2)c(N=Nc2ccc(-c3nc4ccc(C)c(S(=O)(=O)O)c4s3)cc2S(=O)(=O)O)cc1OC. The van der Waals surface area contributed by atoms with Crippen LogP contribution in [0.2, 0.25) is 0 Å². The van der Waals surface area contributed by atoms with Gasteiger partial charge in [-0.3, -0.25) is 18.2 Å². The van der Waals surface area contributed by atoms with E-state index >= 15 is 0 Å². The Morgan fingerprint density at radius 1 is 0.473 bits per heavy atom. The van der Waals surface area contributed by atoms with Crippen molar-refractivity contribution in [3.63, 3.8) is 0 Å². The predicted molar refractivity (Wildman–Crippen MR) is 353 cm³/mol. The largest absolute Gasteiger partial charge is 0.494 e. The molecule has 93 heavy (non-hydrogen) atoms. The van der Waals surface area contributed by atoms with E-state index in [2.05, 4.69) is 41.1 Å². The molecule has 0 aliphatic rings. The van der Waals surface area contributed by atoms with Gasteiger partial charge in [-0.1, -0.05) is 12.1 Å². The molecule has 0 unspecified atom stereocenters. The van der Waals surface area contributed by atoms with Gasteiger partial charge in [-0.05, 0) is 113 Å². The highest BCUT2D eigenvalue weighted by Gasteiger charge is 2.27. The number of fused-ring (bicyclic) bond motifs is 2. The molecule has 0 saturated carbocycles. The number of aromatic nitrogens is 5. The summed E-state index contributed by atoms with van der Waals surface area (Å²) in [5.74, 6) is 0.166. The van der Waals surface area contributed by atoms with Crippen molar-refractivity contribution in [2.24, 2.45) is 20.5 Å². The van der Waals surface area contributed by atoms with Gasteiger partial charge < -0.3 is 45.0 Å². The minimum absolute atomic E-state index is 0.00640. The fourth-order valence-corrected chi connectivity index (χ4v) is 15.9. The Bertz CT molecular complexity index is 4590. The number of methoxy groups -OCH3 is 2. The molecule has 0 saturated heterocycles. The maximum absolute atomic E-state index is 13.1. The maximum Gasteiger partial charge on any atom is 0.296 e. The van der Waals surface area contributed by atoms with E-state index in [9.17, 15) is 62.1 Å². The number of aryl methyl sites for hydroxylation is 2. The number of nitrogens with zero attached hydrogens (tertiary/aromatic N) is 12. The first-order valence-electron chi connectivity index (χ1n) is 28.1. The third kappa shape index (κ3) is 15.1. The number of aliphatic hydroxyl groups excluding tert-OH is 2. The quantitative estimate of drug-likeness (QED) is 0.0175. The Labute approximate surface area is 542 Å². The topological polar surface area (TPSA) is 424 Å². The summed E-state index contributed by atoms with van der Waals surface area (Å²) in [5, 5.41) is 44.7. The van der Waals surface area contributed by atoms with E-state index in [-0.39, 0.29) is 128 Å². The summed E-state index contributed by atoms with van der Waals surface area (Å²) in [5.41, 5.74) is 1.94. The molecule has 0 radical (unpaired) electrons. The van der Waals surface area contributed by atoms with E-state index in [1.54, 1.807) is 24.3 Å². The van der Waals surface area contributed by atoms with Crippen LogP contribution in [-0.2, 0) is 40.5 Å². The second-order valence-corrected chi connectivity index (χ2v) is 27.7. The number of hydrogen-bond donors (Lipinski definition) is 8. The molecule has 36 heteroatoms. The zero-order valence-corrected chi connectivity index (χ0v) is 55.7. The number of aliphatic hydroxyl groups is 2. The smallest absolute Gasteiger partial charge is 0.296 e. The zero-order valence-electron chi connectivity index (χ0n) is 50.8. The molecule has 0 fully saturated rings. The molecule has 0 aliphatic carbocycles. The number of nitrogens with one attached hydrogen (secondary N) is 2. The lowest BCUT2D eigenvalue weighted by Crippen LogP contribution is -2.31. The Kier molecular flexibility index (Phi) is 20.7. The molecule has 9 rings (SSSR count). The van der Waals surface area contributed by atoms with Crippen molar-refractivity contribution in [2.45, 2.75) is 61.1 Å². The van der Waals surface area contributed by atoms with Crippen LogP contribution in [0.4, 0.5) is 63.3 Å². The van der Waals surface area contributed by atoms with Crippen molar-refractivity contribution in [3.05, 3.63) is 96.1 Å². The van der Waals surface area contributed by atoms with Gasteiger partial charge >= 0.3 is 0 Å². The van der Waals surface area contributed by atoms with Crippen molar-refractivity contribution in [3.8, 4) is 32.6 Å². The maximum atomic E-state index is 13.1. The second-order valence-electron chi connectivity index (χ2n) is 20.2. The molecular formula is C57H62N14O16S6. The summed E-state index contributed by atoms with van der Waals surface area (Å²) in [6.07, 6.45) is 0. The van der Waals surface area contributed by atoms with Gasteiger partial charge in [-0.15, -0.1) is 43.1 Å². The van der Waals surface area contributed by atoms with Crippen molar-refractivity contribution in [1.29, 1.82) is 0 Å².